The predicted molar refractivity (Wildman–Crippen MR) is 382 cm³/mol. The molecule has 9 heteroatoms. The van der Waals surface area contributed by atoms with E-state index < -0.39 is 49.5 Å². The average molecular weight is 1240 g/mol. The van der Waals surface area contributed by atoms with Crippen molar-refractivity contribution >= 4 is 5.91 Å². The molecule has 0 saturated carbocycles. The molecule has 1 saturated heterocycles. The number of aliphatic hydroxyl groups excluding tert-OH is 5. The van der Waals surface area contributed by atoms with Gasteiger partial charge in [0.15, 0.2) is 6.29 Å². The highest BCUT2D eigenvalue weighted by atomic mass is 16.7. The fraction of sp³-hybridized carbons (Fsp3) is 0.713. The van der Waals surface area contributed by atoms with Crippen LogP contribution in [0.5, 0.6) is 0 Å². The van der Waals surface area contributed by atoms with Crippen molar-refractivity contribution < 1.29 is 39.8 Å². The van der Waals surface area contributed by atoms with Gasteiger partial charge in [0.1, 0.15) is 24.4 Å². The van der Waals surface area contributed by atoms with Crippen LogP contribution in [0.25, 0.3) is 0 Å². The number of ether oxygens (including phenoxy) is 2. The summed E-state index contributed by atoms with van der Waals surface area (Å²) in [5, 5.41) is 54.8. The zero-order valence-corrected chi connectivity index (χ0v) is 57.1. The number of aliphatic hydroxyl groups is 5. The molecule has 1 aliphatic rings. The SMILES string of the molecule is CC/C=C\C/C=C\C/C=C\C/C=C\C/C=C\C/C=C\C/C=C\C/C=C\C/C=C\CCCCCCCC(=O)NC(COC1OC(CO)C(O)C(O)C1O)C(O)/C=C/CC/C=C/CCCCCCCCCCCCCCCCCCCCCCCCCCCCC. The highest BCUT2D eigenvalue weighted by Gasteiger charge is 2.44. The molecule has 0 aromatic rings. The lowest BCUT2D eigenvalue weighted by Crippen LogP contribution is -2.60. The van der Waals surface area contributed by atoms with Crippen molar-refractivity contribution in [2.45, 2.75) is 352 Å². The van der Waals surface area contributed by atoms with Gasteiger partial charge in [0.25, 0.3) is 0 Å². The third-order valence-corrected chi connectivity index (χ3v) is 16.7. The second-order valence-electron chi connectivity index (χ2n) is 25.0. The van der Waals surface area contributed by atoms with Crippen LogP contribution in [-0.2, 0) is 14.3 Å². The Balaban J connectivity index is 2.18. The summed E-state index contributed by atoms with van der Waals surface area (Å²) >= 11 is 0. The van der Waals surface area contributed by atoms with Gasteiger partial charge < -0.3 is 40.3 Å². The molecule has 0 bridgehead atoms. The fourth-order valence-corrected chi connectivity index (χ4v) is 11.0. The van der Waals surface area contributed by atoms with E-state index in [0.29, 0.717) is 6.42 Å². The summed E-state index contributed by atoms with van der Waals surface area (Å²) in [5.74, 6) is -0.208. The van der Waals surface area contributed by atoms with Crippen LogP contribution in [0.3, 0.4) is 0 Å². The maximum atomic E-state index is 13.1. The molecule has 6 N–H and O–H groups in total. The molecule has 1 fully saturated rings. The Hall–Kier alpha value is -3.67. The zero-order chi connectivity index (χ0) is 64.2. The fourth-order valence-electron chi connectivity index (χ4n) is 11.0. The third-order valence-electron chi connectivity index (χ3n) is 16.7. The summed E-state index contributed by atoms with van der Waals surface area (Å²) in [4.78, 5) is 13.1. The lowest BCUT2D eigenvalue weighted by Gasteiger charge is -2.40. The molecule has 1 heterocycles. The van der Waals surface area contributed by atoms with Crippen LogP contribution in [0.2, 0.25) is 0 Å². The van der Waals surface area contributed by atoms with Crippen molar-refractivity contribution in [3.63, 3.8) is 0 Å². The minimum atomic E-state index is -1.59. The average Bonchev–Trinajstić information content (AvgIpc) is 2.28. The molecule has 0 aromatic carbocycles. The van der Waals surface area contributed by atoms with Gasteiger partial charge in [-0.05, 0) is 103 Å². The van der Waals surface area contributed by atoms with Crippen LogP contribution in [0, 0.1) is 0 Å². The Morgan fingerprint density at radius 1 is 0.393 bits per heavy atom. The number of hydrogen-bond acceptors (Lipinski definition) is 8. The summed E-state index contributed by atoms with van der Waals surface area (Å²) in [6.07, 6.45) is 95.7. The lowest BCUT2D eigenvalue weighted by atomic mass is 9.99. The molecule has 0 aromatic heterocycles. The van der Waals surface area contributed by atoms with E-state index in [0.717, 1.165) is 116 Å². The summed E-state index contributed by atoms with van der Waals surface area (Å²) in [6.45, 7) is 3.66. The first-order valence-corrected chi connectivity index (χ1v) is 36.9. The lowest BCUT2D eigenvalue weighted by molar-refractivity contribution is -0.302. The summed E-state index contributed by atoms with van der Waals surface area (Å²) in [7, 11) is 0. The minimum Gasteiger partial charge on any atom is -0.394 e. The highest BCUT2D eigenvalue weighted by Crippen LogP contribution is 2.23. The van der Waals surface area contributed by atoms with E-state index in [9.17, 15) is 30.3 Å². The molecule has 7 unspecified atom stereocenters. The first kappa shape index (κ1) is 83.3. The van der Waals surface area contributed by atoms with Gasteiger partial charge in [-0.1, -0.05) is 334 Å². The highest BCUT2D eigenvalue weighted by molar-refractivity contribution is 5.76. The van der Waals surface area contributed by atoms with Crippen molar-refractivity contribution in [1.29, 1.82) is 0 Å². The third kappa shape index (κ3) is 55.7. The Morgan fingerprint density at radius 3 is 1.08 bits per heavy atom. The Kier molecular flexibility index (Phi) is 63.0. The van der Waals surface area contributed by atoms with Crippen LogP contribution in [0.4, 0.5) is 0 Å². The van der Waals surface area contributed by atoms with Crippen LogP contribution in [-0.4, -0.2) is 87.5 Å². The largest absolute Gasteiger partial charge is 0.394 e. The van der Waals surface area contributed by atoms with Crippen LogP contribution in [0.15, 0.2) is 134 Å². The number of allylic oxidation sites excluding steroid dienone is 21. The molecule has 0 radical (unpaired) electrons. The van der Waals surface area contributed by atoms with E-state index in [-0.39, 0.29) is 12.5 Å². The van der Waals surface area contributed by atoms with Crippen molar-refractivity contribution in [2.75, 3.05) is 13.2 Å². The van der Waals surface area contributed by atoms with E-state index in [1.165, 1.54) is 173 Å². The number of hydrogen-bond donors (Lipinski definition) is 6. The zero-order valence-electron chi connectivity index (χ0n) is 57.1. The molecule has 510 valence electrons. The number of carbonyl (C=O) groups is 1. The normalized spacial score (nSPS) is 18.7. The molecule has 1 amide bonds. The maximum Gasteiger partial charge on any atom is 0.220 e. The first-order valence-electron chi connectivity index (χ1n) is 36.9. The number of rotatable bonds is 63. The van der Waals surface area contributed by atoms with Gasteiger partial charge in [-0.3, -0.25) is 4.79 Å². The molecule has 0 spiro atoms. The molecular formula is C80H137NO8. The van der Waals surface area contributed by atoms with Crippen LogP contribution < -0.4 is 5.32 Å². The van der Waals surface area contributed by atoms with Gasteiger partial charge in [0, 0.05) is 6.42 Å². The Bertz CT molecular complexity index is 1870. The Morgan fingerprint density at radius 2 is 0.708 bits per heavy atom. The van der Waals surface area contributed by atoms with Crippen molar-refractivity contribution in [1.82, 2.24) is 5.32 Å². The smallest absolute Gasteiger partial charge is 0.220 e. The van der Waals surface area contributed by atoms with Gasteiger partial charge in [0.2, 0.25) is 5.91 Å². The van der Waals surface area contributed by atoms with E-state index >= 15 is 0 Å². The Labute approximate surface area is 547 Å². The van der Waals surface area contributed by atoms with E-state index in [1.807, 2.05) is 6.08 Å². The van der Waals surface area contributed by atoms with Gasteiger partial charge in [-0.2, -0.15) is 0 Å². The van der Waals surface area contributed by atoms with Gasteiger partial charge in [0.05, 0.1) is 25.4 Å². The number of unbranched alkanes of at least 4 members (excludes halogenated alkanes) is 33. The first-order chi connectivity index (χ1) is 43.8. The summed E-state index contributed by atoms with van der Waals surface area (Å²) in [6, 6.07) is -0.845. The molecule has 9 nitrogen and oxygen atoms in total. The van der Waals surface area contributed by atoms with E-state index in [2.05, 4.69) is 141 Å². The topological polar surface area (TPSA) is 149 Å². The van der Waals surface area contributed by atoms with Crippen molar-refractivity contribution in [3.8, 4) is 0 Å². The van der Waals surface area contributed by atoms with Crippen molar-refractivity contribution in [3.05, 3.63) is 134 Å². The van der Waals surface area contributed by atoms with E-state index in [1.54, 1.807) is 6.08 Å². The molecule has 7 atom stereocenters. The standard InChI is InChI=1S/C80H137NO8/c1-3-5-7-9-11-13-15-17-19-21-23-25-27-29-31-33-35-37-39-41-43-45-47-49-51-53-55-57-59-61-63-65-67-69-74(83)73(72-88-80-79(87)78(86)77(85)75(71-82)89-80)81-76(84)70-68-66-64-62-60-58-56-54-52-50-48-46-44-42-40-38-36-34-32-30-28-26-24-22-20-18-16-14-12-10-8-6-4-2/h6,8,12,14,18,20,24,26,30,32,36,38,42,44,48,50,54,56,59,61,67,69,73-75,77-80,82-83,85-87H,3-5,7,9-11,13,15-17,19,21-23,25,27-29,31,33-35,37,39-41,43,45-47,49,51-53,55,57-58,60,62-66,68,70-72H2,1-2H3,(H,81,84)/b8-6-,14-12-,20-18-,26-24-,32-30-,38-36-,44-42-,50-48-,56-54-,61-59+,69-67+. The summed E-state index contributed by atoms with van der Waals surface area (Å²) in [5.41, 5.74) is 0. The quantitative estimate of drug-likeness (QED) is 0.0261. The molecular weight excluding hydrogens is 1100 g/mol. The second-order valence-corrected chi connectivity index (χ2v) is 25.0. The molecule has 1 aliphatic heterocycles. The van der Waals surface area contributed by atoms with Gasteiger partial charge in [-0.15, -0.1) is 0 Å². The molecule has 89 heavy (non-hydrogen) atoms. The van der Waals surface area contributed by atoms with Crippen LogP contribution in [0.1, 0.15) is 309 Å². The second kappa shape index (κ2) is 67.2. The van der Waals surface area contributed by atoms with E-state index in [4.69, 9.17) is 9.47 Å². The summed E-state index contributed by atoms with van der Waals surface area (Å²) < 4.78 is 11.3. The molecule has 1 rings (SSSR count). The predicted octanol–water partition coefficient (Wildman–Crippen LogP) is 20.8. The molecule has 0 aliphatic carbocycles. The van der Waals surface area contributed by atoms with Crippen molar-refractivity contribution in [2.24, 2.45) is 0 Å². The maximum absolute atomic E-state index is 13.1. The monoisotopic (exact) mass is 1240 g/mol. The number of carbonyl (C=O) groups excluding carboxylic acids is 1. The number of amides is 1. The van der Waals surface area contributed by atoms with Gasteiger partial charge in [-0.25, -0.2) is 0 Å². The van der Waals surface area contributed by atoms with Crippen LogP contribution >= 0.6 is 0 Å². The van der Waals surface area contributed by atoms with Gasteiger partial charge >= 0.3 is 0 Å². The number of nitrogens with one attached hydrogen (secondary N) is 1. The minimum absolute atomic E-state index is 0.208.